The van der Waals surface area contributed by atoms with Crippen LogP contribution in [0.4, 0.5) is 0 Å². The molecule has 3 rings (SSSR count). The Hall–Kier alpha value is -3.52. The van der Waals surface area contributed by atoms with Crippen LogP contribution in [-0.4, -0.2) is 71.1 Å². The second kappa shape index (κ2) is 13.3. The number of rotatable bonds is 13. The lowest BCUT2D eigenvalue weighted by Crippen LogP contribution is -2.38. The highest BCUT2D eigenvalue weighted by molar-refractivity contribution is 6.46. The molecule has 2 N–H and O–H groups in total. The van der Waals surface area contributed by atoms with E-state index < -0.39 is 17.7 Å². The Morgan fingerprint density at radius 3 is 2.37 bits per heavy atom. The van der Waals surface area contributed by atoms with Crippen molar-refractivity contribution in [2.75, 3.05) is 39.4 Å². The average molecular weight is 525 g/mol. The molecule has 0 unspecified atom stereocenters. The average Bonchev–Trinajstić information content (AvgIpc) is 3.16. The van der Waals surface area contributed by atoms with E-state index in [9.17, 15) is 19.8 Å². The largest absolute Gasteiger partial charge is 0.507 e. The molecule has 2 aromatic carbocycles. The summed E-state index contributed by atoms with van der Waals surface area (Å²) < 4.78 is 11.4. The normalized spacial score (nSPS) is 16.9. The minimum absolute atomic E-state index is 0.0155. The van der Waals surface area contributed by atoms with Gasteiger partial charge in [0, 0.05) is 18.7 Å². The molecule has 0 aromatic heterocycles. The minimum Gasteiger partial charge on any atom is -0.507 e. The Morgan fingerprint density at radius 2 is 1.74 bits per heavy atom. The van der Waals surface area contributed by atoms with Crippen LogP contribution in [-0.2, 0) is 9.59 Å². The van der Waals surface area contributed by atoms with Crippen LogP contribution in [0.1, 0.15) is 63.3 Å². The number of hydrogen-bond acceptors (Lipinski definition) is 7. The Labute approximate surface area is 225 Å². The molecule has 1 atom stereocenters. The Balaban J connectivity index is 2.09. The molecule has 1 fully saturated rings. The number of likely N-dealkylation sites (tertiary alicyclic amines) is 1. The van der Waals surface area contributed by atoms with Crippen molar-refractivity contribution in [3.05, 3.63) is 58.7 Å². The van der Waals surface area contributed by atoms with Crippen molar-refractivity contribution in [3.8, 4) is 17.2 Å². The number of aromatic hydroxyl groups is 1. The maximum atomic E-state index is 13.4. The topological polar surface area (TPSA) is 99.5 Å². The zero-order chi connectivity index (χ0) is 27.8. The molecular formula is C30H40N2O6. The molecule has 1 amide bonds. The number of carbonyl (C=O) groups excluding carboxylic acids is 2. The smallest absolute Gasteiger partial charge is 0.295 e. The summed E-state index contributed by atoms with van der Waals surface area (Å²) in [6.45, 7) is 13.3. The van der Waals surface area contributed by atoms with E-state index in [1.807, 2.05) is 20.8 Å². The van der Waals surface area contributed by atoms with Crippen LogP contribution < -0.4 is 9.47 Å². The molecule has 1 heterocycles. The molecule has 0 radical (unpaired) electrons. The minimum atomic E-state index is -0.828. The third-order valence-corrected chi connectivity index (χ3v) is 6.89. The molecule has 206 valence electrons. The van der Waals surface area contributed by atoms with Gasteiger partial charge in [-0.05, 0) is 74.8 Å². The molecule has 0 aliphatic carbocycles. The SMILES string of the molecule is CCCCOc1ccc(C(O)=C2C(=O)C(=O)N(CCN(CC)CC)[C@H]2c2ccc(O)c(OCC)c2)cc1C. The van der Waals surface area contributed by atoms with Gasteiger partial charge in [-0.25, -0.2) is 0 Å². The number of aliphatic hydroxyl groups excluding tert-OH is 1. The van der Waals surface area contributed by atoms with Gasteiger partial charge < -0.3 is 29.5 Å². The number of benzene rings is 2. The van der Waals surface area contributed by atoms with E-state index in [2.05, 4.69) is 11.8 Å². The van der Waals surface area contributed by atoms with Crippen molar-refractivity contribution in [2.45, 2.75) is 53.5 Å². The van der Waals surface area contributed by atoms with E-state index >= 15 is 0 Å². The van der Waals surface area contributed by atoms with Crippen molar-refractivity contribution in [1.82, 2.24) is 9.80 Å². The summed E-state index contributed by atoms with van der Waals surface area (Å²) in [6.07, 6.45) is 1.96. The van der Waals surface area contributed by atoms with E-state index in [1.54, 1.807) is 37.3 Å². The summed E-state index contributed by atoms with van der Waals surface area (Å²) in [5.41, 5.74) is 1.84. The van der Waals surface area contributed by atoms with Gasteiger partial charge in [0.1, 0.15) is 11.5 Å². The standard InChI is InChI=1S/C30H40N2O6/c1-6-10-17-38-24-14-12-22(18-20(24)5)28(34)26-27(21-11-13-23(33)25(19-21)37-9-4)32(30(36)29(26)35)16-15-31(7-2)8-3/h11-14,18-19,27,33-34H,6-10,15-17H2,1-5H3/t27-/m0/s1. The quantitative estimate of drug-likeness (QED) is 0.164. The molecule has 0 bridgehead atoms. The highest BCUT2D eigenvalue weighted by Crippen LogP contribution is 2.42. The van der Waals surface area contributed by atoms with Gasteiger partial charge in [-0.2, -0.15) is 0 Å². The number of carbonyl (C=O) groups is 2. The molecule has 8 nitrogen and oxygen atoms in total. The van der Waals surface area contributed by atoms with E-state index in [1.165, 1.54) is 11.0 Å². The first kappa shape index (κ1) is 29.0. The van der Waals surface area contributed by atoms with E-state index in [0.29, 0.717) is 43.2 Å². The number of amides is 1. The number of hydrogen-bond donors (Lipinski definition) is 2. The van der Waals surface area contributed by atoms with Crippen molar-refractivity contribution in [1.29, 1.82) is 0 Å². The predicted molar refractivity (Wildman–Crippen MR) is 148 cm³/mol. The summed E-state index contributed by atoms with van der Waals surface area (Å²) in [7, 11) is 0. The van der Waals surface area contributed by atoms with Gasteiger partial charge in [0.05, 0.1) is 24.8 Å². The van der Waals surface area contributed by atoms with E-state index in [4.69, 9.17) is 9.47 Å². The zero-order valence-electron chi connectivity index (χ0n) is 23.1. The lowest BCUT2D eigenvalue weighted by molar-refractivity contribution is -0.140. The van der Waals surface area contributed by atoms with Crippen LogP contribution in [0.5, 0.6) is 17.2 Å². The number of Topliss-reactive ketones (excluding diaryl/α,β-unsaturated/α-hetero) is 1. The fraction of sp³-hybridized carbons (Fsp3) is 0.467. The van der Waals surface area contributed by atoms with Crippen molar-refractivity contribution in [2.24, 2.45) is 0 Å². The maximum Gasteiger partial charge on any atom is 0.295 e. The van der Waals surface area contributed by atoms with Crippen molar-refractivity contribution in [3.63, 3.8) is 0 Å². The molecule has 0 spiro atoms. The first-order valence-electron chi connectivity index (χ1n) is 13.5. The monoisotopic (exact) mass is 524 g/mol. The number of nitrogens with zero attached hydrogens (tertiary/aromatic N) is 2. The zero-order valence-corrected chi connectivity index (χ0v) is 23.1. The van der Waals surface area contributed by atoms with Gasteiger partial charge in [-0.1, -0.05) is 33.3 Å². The highest BCUT2D eigenvalue weighted by atomic mass is 16.5. The summed E-state index contributed by atoms with van der Waals surface area (Å²) >= 11 is 0. The summed E-state index contributed by atoms with van der Waals surface area (Å²) in [5.74, 6) is -0.710. The second-order valence-electron chi connectivity index (χ2n) is 9.36. The van der Waals surface area contributed by atoms with Gasteiger partial charge in [-0.3, -0.25) is 9.59 Å². The molecule has 0 saturated carbocycles. The van der Waals surface area contributed by atoms with Crippen molar-refractivity contribution < 1.29 is 29.3 Å². The molecule has 2 aromatic rings. The lowest BCUT2D eigenvalue weighted by atomic mass is 9.94. The first-order valence-corrected chi connectivity index (χ1v) is 13.5. The number of unbranched alkanes of at least 4 members (excludes halogenated alkanes) is 1. The molecule has 1 aliphatic rings. The summed E-state index contributed by atoms with van der Waals surface area (Å²) in [4.78, 5) is 30.3. The van der Waals surface area contributed by atoms with E-state index in [0.717, 1.165) is 31.5 Å². The number of likely N-dealkylation sites (N-methyl/N-ethyl adjacent to an activating group) is 1. The third-order valence-electron chi connectivity index (χ3n) is 6.89. The van der Waals surface area contributed by atoms with Gasteiger partial charge in [0.25, 0.3) is 11.7 Å². The summed E-state index contributed by atoms with van der Waals surface area (Å²) in [6, 6.07) is 9.18. The Morgan fingerprint density at radius 1 is 1.00 bits per heavy atom. The second-order valence-corrected chi connectivity index (χ2v) is 9.36. The number of aliphatic hydroxyl groups is 1. The summed E-state index contributed by atoms with van der Waals surface area (Å²) in [5, 5.41) is 21.7. The fourth-order valence-electron chi connectivity index (χ4n) is 4.66. The van der Waals surface area contributed by atoms with Crippen LogP contribution in [0, 0.1) is 6.92 Å². The Kier molecular flexibility index (Phi) is 10.2. The van der Waals surface area contributed by atoms with Crippen LogP contribution in [0.2, 0.25) is 0 Å². The van der Waals surface area contributed by atoms with E-state index in [-0.39, 0.29) is 22.8 Å². The molecular weight excluding hydrogens is 484 g/mol. The number of phenols is 1. The highest BCUT2D eigenvalue weighted by Gasteiger charge is 2.46. The predicted octanol–water partition coefficient (Wildman–Crippen LogP) is 5.04. The third kappa shape index (κ3) is 6.30. The maximum absolute atomic E-state index is 13.4. The molecule has 1 saturated heterocycles. The van der Waals surface area contributed by atoms with Crippen LogP contribution >= 0.6 is 0 Å². The Bertz CT molecular complexity index is 1170. The van der Waals surface area contributed by atoms with Crippen LogP contribution in [0.25, 0.3) is 5.76 Å². The van der Waals surface area contributed by atoms with Gasteiger partial charge >= 0.3 is 0 Å². The molecule has 8 heteroatoms. The van der Waals surface area contributed by atoms with Crippen LogP contribution in [0.15, 0.2) is 42.0 Å². The number of phenolic OH excluding ortho intramolecular Hbond substituents is 1. The number of aryl methyl sites for hydroxylation is 1. The lowest BCUT2D eigenvalue weighted by Gasteiger charge is -2.28. The van der Waals surface area contributed by atoms with Crippen LogP contribution in [0.3, 0.4) is 0 Å². The van der Waals surface area contributed by atoms with Crippen molar-refractivity contribution >= 4 is 17.4 Å². The number of ether oxygens (including phenoxy) is 2. The number of ketones is 1. The fourth-order valence-corrected chi connectivity index (χ4v) is 4.66. The molecule has 1 aliphatic heterocycles. The van der Waals surface area contributed by atoms with Gasteiger partial charge in [0.2, 0.25) is 0 Å². The van der Waals surface area contributed by atoms with Gasteiger partial charge in [-0.15, -0.1) is 0 Å². The first-order chi connectivity index (χ1) is 18.3. The molecule has 38 heavy (non-hydrogen) atoms. The van der Waals surface area contributed by atoms with Gasteiger partial charge in [0.15, 0.2) is 11.5 Å².